The van der Waals surface area contributed by atoms with Crippen molar-refractivity contribution in [2.45, 2.75) is 78.4 Å². The van der Waals surface area contributed by atoms with Gasteiger partial charge in [-0.1, -0.05) is 58.4 Å². The molecule has 4 aromatic rings. The normalized spacial score (nSPS) is 21.9. The number of nitrogen functional groups attached to an aromatic ring is 1. The number of hydrogen-bond acceptors (Lipinski definition) is 9. The average molecular weight is 729 g/mol. The van der Waals surface area contributed by atoms with E-state index in [9.17, 15) is 9.18 Å². The number of hydrogen-bond donors (Lipinski definition) is 2. The molecule has 5 unspecified atom stereocenters. The van der Waals surface area contributed by atoms with Gasteiger partial charge in [-0.25, -0.2) is 9.37 Å². The van der Waals surface area contributed by atoms with Gasteiger partial charge in [0.1, 0.15) is 23.5 Å². The minimum absolute atomic E-state index is 0.0547. The molecule has 5 atom stereocenters. The Hall–Kier alpha value is -4.64. The van der Waals surface area contributed by atoms with Gasteiger partial charge in [0.25, 0.3) is 0 Å². The van der Waals surface area contributed by atoms with Crippen LogP contribution in [-0.4, -0.2) is 67.3 Å². The van der Waals surface area contributed by atoms with Crippen LogP contribution in [0.5, 0.6) is 17.2 Å². The van der Waals surface area contributed by atoms with E-state index in [1.165, 1.54) is 31.4 Å². The van der Waals surface area contributed by atoms with Crippen LogP contribution >= 0.6 is 0 Å². The summed E-state index contributed by atoms with van der Waals surface area (Å²) in [7, 11) is 3.17. The smallest absolute Gasteiger partial charge is 0.228 e. The standard InChI is InChI=1S/C38H44FN5O4.C2H7N.C2H6/c1-23-7-13-28(23)29-14-15-33(29)48-27-6-4-5-25(19-27)32-22-43(36(45)16-10-24-8-11-26(39)12-9-24)17-18-44(32)38-41-31-21-35(47-3)34(46-2)20-30(31)37(40)42-38;1-2-3;1-2/h4-6,8-9,11-12,19-21,23,28-29,32-33H,7,10,13-18,22H2,1-3H3,(H2,40,41,42);2-3H2,1H3;1-2H3. The molecule has 2 heterocycles. The molecule has 3 fully saturated rings. The Morgan fingerprint density at radius 3 is 2.25 bits per heavy atom. The highest BCUT2D eigenvalue weighted by Crippen LogP contribution is 2.49. The highest BCUT2D eigenvalue weighted by molar-refractivity contribution is 5.92. The Morgan fingerprint density at radius 2 is 1.62 bits per heavy atom. The van der Waals surface area contributed by atoms with Gasteiger partial charge in [0, 0.05) is 37.5 Å². The second kappa shape index (κ2) is 18.4. The number of ether oxygens (including phenoxy) is 3. The number of nitrogens with two attached hydrogens (primary N) is 2. The zero-order chi connectivity index (χ0) is 38.1. The summed E-state index contributed by atoms with van der Waals surface area (Å²) < 4.78 is 31.1. The van der Waals surface area contributed by atoms with E-state index >= 15 is 0 Å². The molecule has 0 spiro atoms. The number of anilines is 2. The van der Waals surface area contributed by atoms with E-state index in [4.69, 9.17) is 35.6 Å². The molecule has 2 saturated carbocycles. The fourth-order valence-electron chi connectivity index (χ4n) is 7.62. The number of nitrogens with zero attached hydrogens (tertiary/aromatic N) is 4. The number of methoxy groups -OCH3 is 2. The molecule has 53 heavy (non-hydrogen) atoms. The molecule has 2 aliphatic carbocycles. The zero-order valence-corrected chi connectivity index (χ0v) is 32.2. The molecule has 4 N–H and O–H groups in total. The molecule has 7 rings (SSSR count). The largest absolute Gasteiger partial charge is 0.493 e. The van der Waals surface area contributed by atoms with Crippen LogP contribution in [-0.2, 0) is 11.2 Å². The van der Waals surface area contributed by atoms with Gasteiger partial charge in [0.2, 0.25) is 11.9 Å². The molecule has 1 amide bonds. The van der Waals surface area contributed by atoms with Crippen LogP contribution in [0.25, 0.3) is 10.9 Å². The predicted octanol–water partition coefficient (Wildman–Crippen LogP) is 7.59. The minimum Gasteiger partial charge on any atom is -0.493 e. The van der Waals surface area contributed by atoms with E-state index in [1.807, 2.05) is 43.9 Å². The molecule has 10 nitrogen and oxygen atoms in total. The van der Waals surface area contributed by atoms with Crippen LogP contribution < -0.4 is 30.6 Å². The van der Waals surface area contributed by atoms with Crippen molar-refractivity contribution in [3.05, 3.63) is 77.6 Å². The highest BCUT2D eigenvalue weighted by Gasteiger charge is 2.44. The highest BCUT2D eigenvalue weighted by atomic mass is 19.1. The summed E-state index contributed by atoms with van der Waals surface area (Å²) in [6.07, 6.45) is 6.08. The van der Waals surface area contributed by atoms with E-state index in [2.05, 4.69) is 24.0 Å². The van der Waals surface area contributed by atoms with Gasteiger partial charge in [-0.2, -0.15) is 4.98 Å². The predicted molar refractivity (Wildman–Crippen MR) is 210 cm³/mol. The van der Waals surface area contributed by atoms with Crippen molar-refractivity contribution in [2.75, 3.05) is 51.0 Å². The summed E-state index contributed by atoms with van der Waals surface area (Å²) in [5, 5.41) is 0.675. The van der Waals surface area contributed by atoms with Crippen molar-refractivity contribution >= 4 is 28.6 Å². The minimum atomic E-state index is -0.283. The fourth-order valence-corrected chi connectivity index (χ4v) is 7.62. The van der Waals surface area contributed by atoms with E-state index in [0.717, 1.165) is 41.7 Å². The van der Waals surface area contributed by atoms with Crippen LogP contribution in [0.2, 0.25) is 0 Å². The second-order valence-electron chi connectivity index (χ2n) is 13.9. The van der Waals surface area contributed by atoms with E-state index in [0.29, 0.717) is 72.6 Å². The number of fused-ring (bicyclic) bond motifs is 1. The van der Waals surface area contributed by atoms with Gasteiger partial charge in [0.05, 0.1) is 25.8 Å². The van der Waals surface area contributed by atoms with Crippen LogP contribution in [0.3, 0.4) is 0 Å². The number of aromatic nitrogens is 2. The summed E-state index contributed by atoms with van der Waals surface area (Å²) in [4.78, 5) is 27.3. The van der Waals surface area contributed by atoms with Gasteiger partial charge in [0.15, 0.2) is 11.5 Å². The number of halogens is 1. The topological polar surface area (TPSA) is 129 Å². The van der Waals surface area contributed by atoms with Crippen molar-refractivity contribution in [1.29, 1.82) is 0 Å². The first-order valence-corrected chi connectivity index (χ1v) is 19.2. The molecular formula is C42H57FN6O4. The summed E-state index contributed by atoms with van der Waals surface area (Å²) >= 11 is 0. The molecule has 1 aliphatic heterocycles. The number of amides is 1. The molecule has 0 radical (unpaired) electrons. The number of carbonyl (C=O) groups excluding carboxylic acids is 1. The van der Waals surface area contributed by atoms with E-state index in [1.54, 1.807) is 32.4 Å². The number of carbonyl (C=O) groups is 1. The first-order valence-electron chi connectivity index (χ1n) is 19.2. The third-order valence-electron chi connectivity index (χ3n) is 10.8. The van der Waals surface area contributed by atoms with E-state index < -0.39 is 0 Å². The quantitative estimate of drug-likeness (QED) is 0.170. The van der Waals surface area contributed by atoms with Crippen LogP contribution in [0.15, 0.2) is 60.7 Å². The second-order valence-corrected chi connectivity index (χ2v) is 13.9. The molecule has 3 aromatic carbocycles. The van der Waals surface area contributed by atoms with Gasteiger partial charge in [-0.15, -0.1) is 0 Å². The van der Waals surface area contributed by atoms with Crippen LogP contribution in [0, 0.1) is 23.6 Å². The lowest BCUT2D eigenvalue weighted by molar-refractivity contribution is -0.132. The number of piperazine rings is 1. The number of benzene rings is 3. The lowest BCUT2D eigenvalue weighted by atomic mass is 9.60. The van der Waals surface area contributed by atoms with Gasteiger partial charge in [-0.3, -0.25) is 4.79 Å². The van der Waals surface area contributed by atoms with Crippen molar-refractivity contribution < 1.29 is 23.4 Å². The Labute approximate surface area is 314 Å². The van der Waals surface area contributed by atoms with Crippen molar-refractivity contribution in [1.82, 2.24) is 14.9 Å². The third kappa shape index (κ3) is 9.12. The summed E-state index contributed by atoms with van der Waals surface area (Å²) in [6, 6.07) is 18.0. The molecule has 0 bridgehead atoms. The fraction of sp³-hybridized carbons (Fsp3) is 0.500. The Balaban J connectivity index is 0.00000103. The van der Waals surface area contributed by atoms with Crippen LogP contribution in [0.4, 0.5) is 16.2 Å². The first kappa shape index (κ1) is 39.6. The first-order chi connectivity index (χ1) is 25.7. The maximum absolute atomic E-state index is 13.6. The van der Waals surface area contributed by atoms with Crippen molar-refractivity contribution in [2.24, 2.45) is 23.5 Å². The van der Waals surface area contributed by atoms with Gasteiger partial charge in [-0.05, 0) is 91.4 Å². The Bertz CT molecular complexity index is 1810. The maximum Gasteiger partial charge on any atom is 0.228 e. The van der Waals surface area contributed by atoms with Crippen LogP contribution in [0.1, 0.15) is 77.0 Å². The monoisotopic (exact) mass is 728 g/mol. The molecule has 1 aromatic heterocycles. The lowest BCUT2D eigenvalue weighted by Crippen LogP contribution is -2.51. The summed E-state index contributed by atoms with van der Waals surface area (Å²) in [5.41, 5.74) is 14.0. The summed E-state index contributed by atoms with van der Waals surface area (Å²) in [6.45, 7) is 10.5. The van der Waals surface area contributed by atoms with E-state index in [-0.39, 0.29) is 23.9 Å². The Morgan fingerprint density at radius 1 is 0.925 bits per heavy atom. The Kier molecular flexibility index (Phi) is 13.7. The van der Waals surface area contributed by atoms with Gasteiger partial charge >= 0.3 is 0 Å². The molecule has 11 heteroatoms. The maximum atomic E-state index is 13.6. The number of rotatable bonds is 10. The van der Waals surface area contributed by atoms with Crippen molar-refractivity contribution in [3.63, 3.8) is 0 Å². The summed E-state index contributed by atoms with van der Waals surface area (Å²) in [5.74, 6) is 4.73. The molecular weight excluding hydrogens is 671 g/mol. The zero-order valence-electron chi connectivity index (χ0n) is 32.2. The third-order valence-corrected chi connectivity index (χ3v) is 10.8. The SMILES string of the molecule is CC.CCN.COc1cc2nc(N3CCN(C(=O)CCc4ccc(F)cc4)CC3c3cccc(OC4CCC4C4CCC4C)c3)nc(N)c2cc1OC. The lowest BCUT2D eigenvalue weighted by Gasteiger charge is -2.48. The molecule has 3 aliphatic rings. The average Bonchev–Trinajstić information content (AvgIpc) is 3.18. The molecule has 286 valence electrons. The van der Waals surface area contributed by atoms with Gasteiger partial charge < -0.3 is 35.5 Å². The number of aryl methyl sites for hydroxylation is 1. The van der Waals surface area contributed by atoms with Crippen molar-refractivity contribution in [3.8, 4) is 17.2 Å². The molecule has 1 saturated heterocycles.